The van der Waals surface area contributed by atoms with Gasteiger partial charge in [0.05, 0.1) is 18.1 Å². The zero-order valence-corrected chi connectivity index (χ0v) is 41.2. The van der Waals surface area contributed by atoms with Crippen LogP contribution in [0.3, 0.4) is 0 Å². The van der Waals surface area contributed by atoms with Crippen LogP contribution in [0.4, 0.5) is 0 Å². The molecule has 2 fully saturated rings. The van der Waals surface area contributed by atoms with Crippen LogP contribution in [0.15, 0.2) is 42.9 Å². The summed E-state index contributed by atoms with van der Waals surface area (Å²) in [4.78, 5) is 120. The molecule has 11 N–H and O–H groups in total. The van der Waals surface area contributed by atoms with Crippen LogP contribution >= 0.6 is 0 Å². The number of H-pyrrole nitrogens is 1. The van der Waals surface area contributed by atoms with Gasteiger partial charge in [0.1, 0.15) is 42.3 Å². The first kappa shape index (κ1) is 55.7. The number of nitrogens with two attached hydrogens (primary N) is 2. The fourth-order valence-corrected chi connectivity index (χ4v) is 8.99. The Hall–Kier alpha value is -5.89. The maximum Gasteiger partial charge on any atom is 0.326 e. The van der Waals surface area contributed by atoms with Gasteiger partial charge in [-0.25, -0.2) is 9.78 Å². The second kappa shape index (κ2) is 27.3. The number of hydrogen-bond donors (Lipinski definition) is 9. The molecule has 2 saturated heterocycles. The average molecular weight is 964 g/mol. The number of carbonyl (C=O) groups is 8. The number of amides is 7. The van der Waals surface area contributed by atoms with E-state index in [1.807, 2.05) is 41.5 Å². The molecule has 3 heterocycles. The van der Waals surface area contributed by atoms with Gasteiger partial charge in [0.15, 0.2) is 0 Å². The molecule has 0 saturated carbocycles. The van der Waals surface area contributed by atoms with Crippen molar-refractivity contribution in [2.75, 3.05) is 19.6 Å². The van der Waals surface area contributed by atoms with E-state index >= 15 is 0 Å². The first-order valence-electron chi connectivity index (χ1n) is 24.6. The minimum Gasteiger partial charge on any atom is -0.480 e. The molecule has 8 atom stereocenters. The quantitative estimate of drug-likeness (QED) is 0.0573. The van der Waals surface area contributed by atoms with Crippen molar-refractivity contribution in [1.82, 2.24) is 46.4 Å². The average Bonchev–Trinajstić information content (AvgIpc) is 4.11. The molecule has 0 bridgehead atoms. The van der Waals surface area contributed by atoms with E-state index in [4.69, 9.17) is 11.5 Å². The number of aromatic nitrogens is 2. The number of carboxylic acids is 1. The number of carbonyl (C=O) groups excluding carboxylic acids is 7. The number of rotatable bonds is 27. The molecule has 69 heavy (non-hydrogen) atoms. The molecular weight excluding hydrogens is 887 g/mol. The van der Waals surface area contributed by atoms with Crippen LogP contribution in [-0.2, 0) is 51.2 Å². The largest absolute Gasteiger partial charge is 0.480 e. The number of benzene rings is 1. The summed E-state index contributed by atoms with van der Waals surface area (Å²) >= 11 is 0. The van der Waals surface area contributed by atoms with Crippen molar-refractivity contribution in [3.05, 3.63) is 54.1 Å². The van der Waals surface area contributed by atoms with E-state index in [0.29, 0.717) is 62.7 Å². The zero-order chi connectivity index (χ0) is 50.8. The minimum absolute atomic E-state index is 0.0178. The van der Waals surface area contributed by atoms with E-state index in [1.165, 1.54) is 16.1 Å². The van der Waals surface area contributed by atoms with Crippen molar-refractivity contribution in [1.29, 1.82) is 0 Å². The van der Waals surface area contributed by atoms with Gasteiger partial charge in [0, 0.05) is 32.1 Å². The number of aliphatic carboxylic acids is 1. The van der Waals surface area contributed by atoms with Gasteiger partial charge in [-0.2, -0.15) is 0 Å². The number of nitrogens with one attached hydrogen (secondary N) is 6. The van der Waals surface area contributed by atoms with Crippen LogP contribution in [0.5, 0.6) is 0 Å². The summed E-state index contributed by atoms with van der Waals surface area (Å²) in [6.07, 6.45) is 6.94. The summed E-state index contributed by atoms with van der Waals surface area (Å²) in [5.41, 5.74) is 13.2. The van der Waals surface area contributed by atoms with Crippen molar-refractivity contribution < 1.29 is 43.5 Å². The van der Waals surface area contributed by atoms with Crippen LogP contribution in [0.25, 0.3) is 0 Å². The highest BCUT2D eigenvalue weighted by Gasteiger charge is 2.43. The van der Waals surface area contributed by atoms with Crippen molar-refractivity contribution in [2.24, 2.45) is 29.2 Å². The number of likely N-dealkylation sites (tertiary alicyclic amines) is 2. The molecule has 20 nitrogen and oxygen atoms in total. The lowest BCUT2D eigenvalue weighted by molar-refractivity contribution is -0.145. The normalized spacial score (nSPS) is 18.5. The highest BCUT2D eigenvalue weighted by atomic mass is 16.4. The SMILES string of the molecule is CC(C)C[C@H](NC(=O)[C@@H]1CCCN1C(=O)[C@H](CC(C)C)NC(=O)[C@@H]1CCCN1C(=O)[C@H](CC(C)C)NC(=O)[C@@H](N)Cc1c[nH]cn1)C(=O)N[C@@H](CCCCN)C(=O)N[C@@H](Cc1ccccc1)C(=O)O. The third-order valence-corrected chi connectivity index (χ3v) is 12.5. The Labute approximate surface area is 406 Å². The lowest BCUT2D eigenvalue weighted by Crippen LogP contribution is -2.60. The number of nitrogens with zero attached hydrogens (tertiary/aromatic N) is 3. The van der Waals surface area contributed by atoms with E-state index in [1.54, 1.807) is 36.5 Å². The molecule has 0 radical (unpaired) electrons. The fourth-order valence-electron chi connectivity index (χ4n) is 8.99. The van der Waals surface area contributed by atoms with Gasteiger partial charge in [-0.15, -0.1) is 0 Å². The van der Waals surface area contributed by atoms with Gasteiger partial charge < -0.3 is 57.9 Å². The lowest BCUT2D eigenvalue weighted by atomic mass is 10.00. The topological polar surface area (TPSA) is 304 Å². The van der Waals surface area contributed by atoms with E-state index in [0.717, 1.165) is 0 Å². The highest BCUT2D eigenvalue weighted by molar-refractivity contribution is 5.98. The fraction of sp³-hybridized carbons (Fsp3) is 0.653. The van der Waals surface area contributed by atoms with Gasteiger partial charge in [0.25, 0.3) is 0 Å². The van der Waals surface area contributed by atoms with Crippen LogP contribution in [0.2, 0.25) is 0 Å². The van der Waals surface area contributed by atoms with Crippen molar-refractivity contribution >= 4 is 47.3 Å². The van der Waals surface area contributed by atoms with Gasteiger partial charge >= 0.3 is 5.97 Å². The van der Waals surface area contributed by atoms with Crippen LogP contribution in [-0.4, -0.2) is 140 Å². The van der Waals surface area contributed by atoms with Crippen molar-refractivity contribution in [3.8, 4) is 0 Å². The predicted molar refractivity (Wildman–Crippen MR) is 258 cm³/mol. The van der Waals surface area contributed by atoms with Gasteiger partial charge in [0.2, 0.25) is 41.4 Å². The summed E-state index contributed by atoms with van der Waals surface area (Å²) in [7, 11) is 0. The molecule has 0 spiro atoms. The predicted octanol–water partition coefficient (Wildman–Crippen LogP) is 1.28. The van der Waals surface area contributed by atoms with Gasteiger partial charge in [-0.1, -0.05) is 71.9 Å². The Morgan fingerprint density at radius 1 is 0.667 bits per heavy atom. The monoisotopic (exact) mass is 964 g/mol. The first-order valence-corrected chi connectivity index (χ1v) is 24.6. The Balaban J connectivity index is 1.46. The number of aromatic amines is 1. The van der Waals surface area contributed by atoms with Crippen LogP contribution in [0, 0.1) is 17.8 Å². The molecule has 0 aliphatic carbocycles. The standard InChI is InChI=1S/C49H77N11O9/c1-29(2)22-36(44(63)54-35(16-10-11-19-50)43(62)58-39(49(68)69)25-32-14-8-7-9-15-32)55-45(64)40-17-12-20-59(40)48(67)38(24-31(5)6)57-46(65)41-18-13-21-60(41)47(66)37(23-30(3)4)56-42(61)34(51)26-33-27-52-28-53-33/h7-9,14-15,27-31,34-41H,10-13,16-26,50-51H2,1-6H3,(H,52,53)(H,54,63)(H,55,64)(H,56,61)(H,57,65)(H,58,62)(H,68,69)/t34-,35-,36-,37-,38-,39-,40-,41-/m0/s1. The maximum absolute atomic E-state index is 14.5. The Morgan fingerprint density at radius 3 is 1.67 bits per heavy atom. The summed E-state index contributed by atoms with van der Waals surface area (Å²) < 4.78 is 0. The Bertz CT molecular complexity index is 2020. The van der Waals surface area contributed by atoms with E-state index in [2.05, 4.69) is 36.6 Å². The van der Waals surface area contributed by atoms with Crippen molar-refractivity contribution in [3.63, 3.8) is 0 Å². The minimum atomic E-state index is -1.26. The molecule has 2 aliphatic rings. The number of unbranched alkanes of at least 4 members (excludes halogenated alkanes) is 1. The van der Waals surface area contributed by atoms with Crippen LogP contribution < -0.4 is 38.1 Å². The molecule has 382 valence electrons. The lowest BCUT2D eigenvalue weighted by Gasteiger charge is -2.33. The summed E-state index contributed by atoms with van der Waals surface area (Å²) in [5, 5.41) is 23.9. The molecule has 0 unspecified atom stereocenters. The third-order valence-electron chi connectivity index (χ3n) is 12.5. The molecular formula is C49H77N11O9. The molecule has 4 rings (SSSR count). The molecule has 2 aliphatic heterocycles. The number of imidazole rings is 1. The summed E-state index contributed by atoms with van der Waals surface area (Å²) in [6.45, 7) is 12.3. The van der Waals surface area contributed by atoms with Gasteiger partial charge in [-0.3, -0.25) is 33.6 Å². The first-order chi connectivity index (χ1) is 32.8. The Morgan fingerprint density at radius 2 is 1.16 bits per heavy atom. The van der Waals surface area contributed by atoms with Gasteiger partial charge in [-0.05, 0) is 94.1 Å². The van der Waals surface area contributed by atoms with Crippen molar-refractivity contribution in [2.45, 2.75) is 167 Å². The highest BCUT2D eigenvalue weighted by Crippen LogP contribution is 2.24. The second-order valence-corrected chi connectivity index (χ2v) is 19.8. The Kier molecular flexibility index (Phi) is 22.1. The van der Waals surface area contributed by atoms with E-state index in [9.17, 15) is 43.5 Å². The van der Waals surface area contributed by atoms with E-state index < -0.39 is 95.7 Å². The second-order valence-electron chi connectivity index (χ2n) is 19.8. The van der Waals surface area contributed by atoms with Crippen LogP contribution in [0.1, 0.15) is 117 Å². The number of carboxylic acid groups (broad SMARTS) is 1. The zero-order valence-electron chi connectivity index (χ0n) is 41.2. The molecule has 20 heteroatoms. The molecule has 7 amide bonds. The smallest absolute Gasteiger partial charge is 0.326 e. The molecule has 2 aromatic rings. The molecule has 1 aromatic heterocycles. The maximum atomic E-state index is 14.5. The summed E-state index contributed by atoms with van der Waals surface area (Å²) in [6, 6.07) is 0.558. The summed E-state index contributed by atoms with van der Waals surface area (Å²) in [5.74, 6) is -5.15. The van der Waals surface area contributed by atoms with E-state index in [-0.39, 0.29) is 62.9 Å². The third kappa shape index (κ3) is 17.2. The molecule has 1 aromatic carbocycles. The number of hydrogen-bond acceptors (Lipinski definition) is 11.